The molecule has 2 nitrogen and oxygen atoms in total. The predicted octanol–water partition coefficient (Wildman–Crippen LogP) is 3.20. The molecular weight excluding hydrogens is 270 g/mol. The molecule has 0 bridgehead atoms. The first kappa shape index (κ1) is 15.6. The SMILES string of the molecule is Cc1cc(C)cc(CC(Cc2cc(F)ccc2F)NN)c1. The van der Waals surface area contributed by atoms with Crippen LogP contribution in [0.2, 0.25) is 0 Å². The molecule has 4 heteroatoms. The second-order valence-electron chi connectivity index (χ2n) is 5.50. The molecule has 1 atom stereocenters. The van der Waals surface area contributed by atoms with Crippen LogP contribution in [0.3, 0.4) is 0 Å². The van der Waals surface area contributed by atoms with E-state index in [0.717, 1.165) is 17.7 Å². The van der Waals surface area contributed by atoms with Crippen molar-refractivity contribution in [2.45, 2.75) is 32.7 Å². The molecule has 0 spiro atoms. The van der Waals surface area contributed by atoms with Crippen LogP contribution in [0.1, 0.15) is 22.3 Å². The van der Waals surface area contributed by atoms with E-state index in [4.69, 9.17) is 5.84 Å². The van der Waals surface area contributed by atoms with Crippen LogP contribution in [0.25, 0.3) is 0 Å². The molecule has 2 aromatic carbocycles. The van der Waals surface area contributed by atoms with Crippen molar-refractivity contribution in [2.24, 2.45) is 5.84 Å². The van der Waals surface area contributed by atoms with Gasteiger partial charge in [0.05, 0.1) is 0 Å². The minimum absolute atomic E-state index is 0.150. The van der Waals surface area contributed by atoms with Gasteiger partial charge in [0.1, 0.15) is 11.6 Å². The zero-order valence-corrected chi connectivity index (χ0v) is 12.3. The van der Waals surface area contributed by atoms with Gasteiger partial charge < -0.3 is 0 Å². The number of aryl methyl sites for hydroxylation is 2. The Labute approximate surface area is 124 Å². The van der Waals surface area contributed by atoms with Gasteiger partial charge in [0.2, 0.25) is 0 Å². The van der Waals surface area contributed by atoms with Crippen LogP contribution < -0.4 is 11.3 Å². The van der Waals surface area contributed by atoms with Crippen molar-refractivity contribution in [3.63, 3.8) is 0 Å². The van der Waals surface area contributed by atoms with E-state index < -0.39 is 11.6 Å². The minimum atomic E-state index is -0.437. The summed E-state index contributed by atoms with van der Waals surface area (Å²) >= 11 is 0. The van der Waals surface area contributed by atoms with E-state index in [1.54, 1.807) is 0 Å². The highest BCUT2D eigenvalue weighted by molar-refractivity contribution is 5.29. The molecule has 3 N–H and O–H groups in total. The highest BCUT2D eigenvalue weighted by atomic mass is 19.1. The number of hydrogen-bond acceptors (Lipinski definition) is 2. The van der Waals surface area contributed by atoms with Gasteiger partial charge in [0.15, 0.2) is 0 Å². The number of benzene rings is 2. The summed E-state index contributed by atoms with van der Waals surface area (Å²) in [7, 11) is 0. The number of rotatable bonds is 5. The average molecular weight is 290 g/mol. The summed E-state index contributed by atoms with van der Waals surface area (Å²) in [6, 6.07) is 9.60. The Morgan fingerprint density at radius 2 is 1.67 bits per heavy atom. The molecule has 0 heterocycles. The van der Waals surface area contributed by atoms with Gasteiger partial charge in [-0.2, -0.15) is 0 Å². The summed E-state index contributed by atoms with van der Waals surface area (Å²) in [4.78, 5) is 0. The van der Waals surface area contributed by atoms with Crippen LogP contribution in [0, 0.1) is 25.5 Å². The lowest BCUT2D eigenvalue weighted by Crippen LogP contribution is -2.38. The Kier molecular flexibility index (Phi) is 5.04. The first-order chi connectivity index (χ1) is 9.97. The lowest BCUT2D eigenvalue weighted by Gasteiger charge is -2.17. The van der Waals surface area contributed by atoms with Crippen molar-refractivity contribution in [2.75, 3.05) is 0 Å². The summed E-state index contributed by atoms with van der Waals surface area (Å²) in [6.07, 6.45) is 1.00. The second kappa shape index (κ2) is 6.78. The van der Waals surface area contributed by atoms with E-state index in [1.165, 1.54) is 17.2 Å². The maximum Gasteiger partial charge on any atom is 0.126 e. The minimum Gasteiger partial charge on any atom is -0.271 e. The Hall–Kier alpha value is -1.78. The van der Waals surface area contributed by atoms with Gasteiger partial charge in [-0.05, 0) is 56.0 Å². The van der Waals surface area contributed by atoms with Crippen molar-refractivity contribution in [1.82, 2.24) is 5.43 Å². The molecule has 0 aliphatic rings. The zero-order chi connectivity index (χ0) is 15.4. The topological polar surface area (TPSA) is 38.0 Å². The molecular formula is C17H20F2N2. The molecule has 112 valence electrons. The normalized spacial score (nSPS) is 12.4. The summed E-state index contributed by atoms with van der Waals surface area (Å²) in [6.45, 7) is 4.07. The molecule has 0 amide bonds. The first-order valence-electron chi connectivity index (χ1n) is 6.95. The van der Waals surface area contributed by atoms with Crippen molar-refractivity contribution >= 4 is 0 Å². The van der Waals surface area contributed by atoms with Crippen LogP contribution >= 0.6 is 0 Å². The average Bonchev–Trinajstić information content (AvgIpc) is 2.41. The van der Waals surface area contributed by atoms with E-state index in [9.17, 15) is 8.78 Å². The van der Waals surface area contributed by atoms with Crippen LogP contribution in [0.4, 0.5) is 8.78 Å². The van der Waals surface area contributed by atoms with Gasteiger partial charge >= 0.3 is 0 Å². The van der Waals surface area contributed by atoms with Crippen LogP contribution in [0.15, 0.2) is 36.4 Å². The highest BCUT2D eigenvalue weighted by Gasteiger charge is 2.13. The van der Waals surface area contributed by atoms with Gasteiger partial charge in [-0.25, -0.2) is 8.78 Å². The summed E-state index contributed by atoms with van der Waals surface area (Å²) in [5.74, 6) is 4.72. The molecule has 0 saturated heterocycles. The van der Waals surface area contributed by atoms with Crippen molar-refractivity contribution < 1.29 is 8.78 Å². The molecule has 0 radical (unpaired) electrons. The largest absolute Gasteiger partial charge is 0.271 e. The van der Waals surface area contributed by atoms with E-state index in [-0.39, 0.29) is 6.04 Å². The second-order valence-corrected chi connectivity index (χ2v) is 5.50. The van der Waals surface area contributed by atoms with Gasteiger partial charge in [0.25, 0.3) is 0 Å². The van der Waals surface area contributed by atoms with Gasteiger partial charge in [0, 0.05) is 6.04 Å². The molecule has 2 rings (SSSR count). The molecule has 21 heavy (non-hydrogen) atoms. The number of nitrogens with two attached hydrogens (primary N) is 1. The lowest BCUT2D eigenvalue weighted by molar-refractivity contribution is 0.502. The standard InChI is InChI=1S/C17H20F2N2/c1-11-5-12(2)7-13(6-11)8-16(21-20)10-14-9-15(18)3-4-17(14)19/h3-7,9,16,21H,8,10,20H2,1-2H3. The molecule has 0 aliphatic heterocycles. The van der Waals surface area contributed by atoms with Crippen LogP contribution in [-0.4, -0.2) is 6.04 Å². The van der Waals surface area contributed by atoms with Crippen molar-refractivity contribution in [3.8, 4) is 0 Å². The molecule has 0 saturated carbocycles. The van der Waals surface area contributed by atoms with Crippen molar-refractivity contribution in [1.29, 1.82) is 0 Å². The smallest absolute Gasteiger partial charge is 0.126 e. The summed E-state index contributed by atoms with van der Waals surface area (Å²) < 4.78 is 26.9. The Bertz CT molecular complexity index is 606. The number of nitrogens with one attached hydrogen (secondary N) is 1. The van der Waals surface area contributed by atoms with Gasteiger partial charge in [-0.1, -0.05) is 29.3 Å². The lowest BCUT2D eigenvalue weighted by atomic mass is 9.97. The Morgan fingerprint density at radius 1 is 1.00 bits per heavy atom. The van der Waals surface area contributed by atoms with E-state index >= 15 is 0 Å². The third kappa shape index (κ3) is 4.34. The van der Waals surface area contributed by atoms with E-state index in [2.05, 4.69) is 23.6 Å². The Morgan fingerprint density at radius 3 is 2.29 bits per heavy atom. The maximum absolute atomic E-state index is 13.7. The number of halogens is 2. The van der Waals surface area contributed by atoms with Crippen LogP contribution in [0.5, 0.6) is 0 Å². The zero-order valence-electron chi connectivity index (χ0n) is 12.3. The molecule has 2 aromatic rings. The quantitative estimate of drug-likeness (QED) is 0.655. The number of hydrazine groups is 1. The third-order valence-electron chi connectivity index (χ3n) is 3.47. The number of hydrogen-bond donors (Lipinski definition) is 2. The first-order valence-corrected chi connectivity index (χ1v) is 6.95. The van der Waals surface area contributed by atoms with E-state index in [0.29, 0.717) is 18.4 Å². The Balaban J connectivity index is 2.14. The van der Waals surface area contributed by atoms with E-state index in [1.807, 2.05) is 13.8 Å². The molecule has 1 unspecified atom stereocenters. The molecule has 0 aromatic heterocycles. The summed E-state index contributed by atoms with van der Waals surface area (Å²) in [5.41, 5.74) is 6.52. The van der Waals surface area contributed by atoms with Gasteiger partial charge in [-0.3, -0.25) is 11.3 Å². The third-order valence-corrected chi connectivity index (χ3v) is 3.47. The van der Waals surface area contributed by atoms with Crippen LogP contribution in [-0.2, 0) is 12.8 Å². The molecule has 0 fully saturated rings. The fraction of sp³-hybridized carbons (Fsp3) is 0.294. The fourth-order valence-corrected chi connectivity index (χ4v) is 2.63. The predicted molar refractivity (Wildman–Crippen MR) is 80.8 cm³/mol. The van der Waals surface area contributed by atoms with Gasteiger partial charge in [-0.15, -0.1) is 0 Å². The maximum atomic E-state index is 13.7. The summed E-state index contributed by atoms with van der Waals surface area (Å²) in [5, 5.41) is 0. The highest BCUT2D eigenvalue weighted by Crippen LogP contribution is 2.16. The van der Waals surface area contributed by atoms with Crippen molar-refractivity contribution in [3.05, 3.63) is 70.3 Å². The fourth-order valence-electron chi connectivity index (χ4n) is 2.63. The molecule has 0 aliphatic carbocycles. The monoisotopic (exact) mass is 290 g/mol.